The Labute approximate surface area is 106 Å². The SMILES string of the molecule is CCC(C)CN(CC)c1ncc(F)cc1C(=O)O. The third-order valence-corrected chi connectivity index (χ3v) is 2.97. The lowest BCUT2D eigenvalue weighted by atomic mass is 10.1. The van der Waals surface area contributed by atoms with Crippen LogP contribution in [0.15, 0.2) is 12.3 Å². The van der Waals surface area contributed by atoms with Crippen molar-refractivity contribution >= 4 is 11.8 Å². The Morgan fingerprint density at radius 1 is 1.56 bits per heavy atom. The Hall–Kier alpha value is -1.65. The van der Waals surface area contributed by atoms with Crippen LogP contribution in [0.25, 0.3) is 0 Å². The van der Waals surface area contributed by atoms with Crippen LogP contribution in [0.1, 0.15) is 37.6 Å². The van der Waals surface area contributed by atoms with Gasteiger partial charge in [-0.3, -0.25) is 0 Å². The third-order valence-electron chi connectivity index (χ3n) is 2.97. The normalized spacial score (nSPS) is 12.2. The molecular weight excluding hydrogens is 235 g/mol. The summed E-state index contributed by atoms with van der Waals surface area (Å²) in [4.78, 5) is 16.9. The van der Waals surface area contributed by atoms with E-state index in [1.807, 2.05) is 11.8 Å². The summed E-state index contributed by atoms with van der Waals surface area (Å²) in [6.07, 6.45) is 2.06. The molecule has 1 aromatic rings. The van der Waals surface area contributed by atoms with E-state index < -0.39 is 11.8 Å². The predicted octanol–water partition coefficient (Wildman–Crippen LogP) is 2.79. The van der Waals surface area contributed by atoms with Gasteiger partial charge in [0.15, 0.2) is 0 Å². The molecule has 4 nitrogen and oxygen atoms in total. The molecule has 1 rings (SSSR count). The lowest BCUT2D eigenvalue weighted by Crippen LogP contribution is -2.30. The largest absolute Gasteiger partial charge is 0.478 e. The van der Waals surface area contributed by atoms with E-state index in [0.717, 1.165) is 18.7 Å². The molecule has 0 aromatic carbocycles. The van der Waals surface area contributed by atoms with E-state index in [1.165, 1.54) is 0 Å². The Morgan fingerprint density at radius 2 is 2.22 bits per heavy atom. The fourth-order valence-corrected chi connectivity index (χ4v) is 1.71. The number of rotatable bonds is 6. The summed E-state index contributed by atoms with van der Waals surface area (Å²) in [6, 6.07) is 1.02. The van der Waals surface area contributed by atoms with E-state index in [-0.39, 0.29) is 5.56 Å². The predicted molar refractivity (Wildman–Crippen MR) is 68.5 cm³/mol. The van der Waals surface area contributed by atoms with Crippen molar-refractivity contribution in [3.63, 3.8) is 0 Å². The Bertz CT molecular complexity index is 423. The molecule has 18 heavy (non-hydrogen) atoms. The summed E-state index contributed by atoms with van der Waals surface area (Å²) in [5.74, 6) is -1.01. The number of nitrogens with zero attached hydrogens (tertiary/aromatic N) is 2. The number of pyridine rings is 1. The fraction of sp³-hybridized carbons (Fsp3) is 0.538. The van der Waals surface area contributed by atoms with Gasteiger partial charge in [0.2, 0.25) is 0 Å². The van der Waals surface area contributed by atoms with Crippen LogP contribution in [-0.2, 0) is 0 Å². The molecule has 1 atom stereocenters. The van der Waals surface area contributed by atoms with Gasteiger partial charge in [-0.1, -0.05) is 20.3 Å². The Kier molecular flexibility index (Phi) is 5.07. The first-order valence-electron chi connectivity index (χ1n) is 6.13. The van der Waals surface area contributed by atoms with Crippen LogP contribution in [0.3, 0.4) is 0 Å². The molecule has 0 bridgehead atoms. The number of aromatic carboxylic acids is 1. The molecule has 5 heteroatoms. The zero-order valence-electron chi connectivity index (χ0n) is 11.0. The minimum Gasteiger partial charge on any atom is -0.478 e. The number of hydrogen-bond donors (Lipinski definition) is 1. The van der Waals surface area contributed by atoms with Crippen molar-refractivity contribution in [3.05, 3.63) is 23.6 Å². The van der Waals surface area contributed by atoms with E-state index in [2.05, 4.69) is 18.8 Å². The highest BCUT2D eigenvalue weighted by Crippen LogP contribution is 2.20. The van der Waals surface area contributed by atoms with E-state index in [4.69, 9.17) is 5.11 Å². The topological polar surface area (TPSA) is 53.4 Å². The van der Waals surface area contributed by atoms with E-state index >= 15 is 0 Å². The molecule has 0 saturated carbocycles. The fourth-order valence-electron chi connectivity index (χ4n) is 1.71. The summed E-state index contributed by atoms with van der Waals surface area (Å²) in [5.41, 5.74) is -0.0832. The summed E-state index contributed by atoms with van der Waals surface area (Å²) >= 11 is 0. The van der Waals surface area contributed by atoms with Gasteiger partial charge in [-0.2, -0.15) is 0 Å². The zero-order valence-corrected chi connectivity index (χ0v) is 11.0. The minimum atomic E-state index is -1.15. The molecule has 0 saturated heterocycles. The number of carbonyl (C=O) groups is 1. The first kappa shape index (κ1) is 14.4. The van der Waals surface area contributed by atoms with Crippen molar-refractivity contribution in [3.8, 4) is 0 Å². The van der Waals surface area contributed by atoms with Crippen molar-refractivity contribution in [1.29, 1.82) is 0 Å². The van der Waals surface area contributed by atoms with Crippen molar-refractivity contribution in [2.75, 3.05) is 18.0 Å². The quantitative estimate of drug-likeness (QED) is 0.848. The maximum atomic E-state index is 13.1. The van der Waals surface area contributed by atoms with Gasteiger partial charge < -0.3 is 10.0 Å². The molecule has 1 heterocycles. The van der Waals surface area contributed by atoms with E-state index in [9.17, 15) is 9.18 Å². The molecule has 0 radical (unpaired) electrons. The summed E-state index contributed by atoms with van der Waals surface area (Å²) in [6.45, 7) is 7.45. The second-order valence-electron chi connectivity index (χ2n) is 4.38. The maximum Gasteiger partial charge on any atom is 0.339 e. The first-order chi connectivity index (χ1) is 8.49. The molecular formula is C13H19FN2O2. The average molecular weight is 254 g/mol. The summed E-state index contributed by atoms with van der Waals surface area (Å²) in [7, 11) is 0. The molecule has 1 N–H and O–H groups in total. The van der Waals surface area contributed by atoms with Crippen LogP contribution >= 0.6 is 0 Å². The van der Waals surface area contributed by atoms with Crippen molar-refractivity contribution in [1.82, 2.24) is 4.98 Å². The van der Waals surface area contributed by atoms with Gasteiger partial charge >= 0.3 is 5.97 Å². The van der Waals surface area contributed by atoms with Crippen LogP contribution in [0, 0.1) is 11.7 Å². The van der Waals surface area contributed by atoms with E-state index in [0.29, 0.717) is 24.8 Å². The molecule has 0 fully saturated rings. The van der Waals surface area contributed by atoms with Gasteiger partial charge in [-0.25, -0.2) is 14.2 Å². The molecule has 0 amide bonds. The van der Waals surface area contributed by atoms with Crippen molar-refractivity contribution < 1.29 is 14.3 Å². The highest BCUT2D eigenvalue weighted by molar-refractivity contribution is 5.93. The Morgan fingerprint density at radius 3 is 2.72 bits per heavy atom. The van der Waals surface area contributed by atoms with Crippen LogP contribution in [0.2, 0.25) is 0 Å². The number of halogens is 1. The second kappa shape index (κ2) is 6.33. The minimum absolute atomic E-state index is 0.0832. The number of carboxylic acids is 1. The molecule has 0 aliphatic heterocycles. The van der Waals surface area contributed by atoms with Gasteiger partial charge in [0, 0.05) is 13.1 Å². The summed E-state index contributed by atoms with van der Waals surface area (Å²) in [5, 5.41) is 9.09. The number of carboxylic acid groups (broad SMARTS) is 1. The van der Waals surface area contributed by atoms with Gasteiger partial charge in [0.05, 0.1) is 6.20 Å². The number of anilines is 1. The lowest BCUT2D eigenvalue weighted by molar-refractivity contribution is 0.0696. The van der Waals surface area contributed by atoms with Gasteiger partial charge in [0.1, 0.15) is 17.2 Å². The molecule has 0 aliphatic rings. The molecule has 1 aromatic heterocycles. The highest BCUT2D eigenvalue weighted by atomic mass is 19.1. The van der Waals surface area contributed by atoms with Crippen LogP contribution < -0.4 is 4.90 Å². The maximum absolute atomic E-state index is 13.1. The van der Waals surface area contributed by atoms with Crippen LogP contribution in [0.5, 0.6) is 0 Å². The van der Waals surface area contributed by atoms with Gasteiger partial charge in [-0.05, 0) is 18.9 Å². The summed E-state index contributed by atoms with van der Waals surface area (Å²) < 4.78 is 13.1. The lowest BCUT2D eigenvalue weighted by Gasteiger charge is -2.26. The number of hydrogen-bond acceptors (Lipinski definition) is 3. The first-order valence-corrected chi connectivity index (χ1v) is 6.13. The molecule has 100 valence electrons. The Balaban J connectivity index is 3.08. The molecule has 1 unspecified atom stereocenters. The van der Waals surface area contributed by atoms with Crippen LogP contribution in [-0.4, -0.2) is 29.1 Å². The van der Waals surface area contributed by atoms with Gasteiger partial charge in [-0.15, -0.1) is 0 Å². The van der Waals surface area contributed by atoms with Crippen molar-refractivity contribution in [2.45, 2.75) is 27.2 Å². The molecule has 0 aliphatic carbocycles. The third kappa shape index (κ3) is 3.42. The molecule has 0 spiro atoms. The standard InChI is InChI=1S/C13H19FN2O2/c1-4-9(3)8-16(5-2)12-11(13(17)18)6-10(14)7-15-12/h6-7,9H,4-5,8H2,1-3H3,(H,17,18). The van der Waals surface area contributed by atoms with E-state index in [1.54, 1.807) is 0 Å². The smallest absolute Gasteiger partial charge is 0.339 e. The van der Waals surface area contributed by atoms with Crippen LogP contribution in [0.4, 0.5) is 10.2 Å². The monoisotopic (exact) mass is 254 g/mol. The van der Waals surface area contributed by atoms with Gasteiger partial charge in [0.25, 0.3) is 0 Å². The number of aromatic nitrogens is 1. The van der Waals surface area contributed by atoms with Crippen molar-refractivity contribution in [2.24, 2.45) is 5.92 Å². The average Bonchev–Trinajstić information content (AvgIpc) is 2.35. The second-order valence-corrected chi connectivity index (χ2v) is 4.38. The zero-order chi connectivity index (χ0) is 13.7. The highest BCUT2D eigenvalue weighted by Gasteiger charge is 2.18.